The summed E-state index contributed by atoms with van der Waals surface area (Å²) >= 11 is 0. The van der Waals surface area contributed by atoms with Crippen LogP contribution in [0.2, 0.25) is 0 Å². The van der Waals surface area contributed by atoms with Crippen LogP contribution >= 0.6 is 0 Å². The van der Waals surface area contributed by atoms with E-state index in [0.29, 0.717) is 5.75 Å². The SMILES string of the molecule is Cc1cccc(C)c1OCC(=O)NCC[C@H](O)C(=O)O. The van der Waals surface area contributed by atoms with Gasteiger partial charge in [0.15, 0.2) is 12.7 Å². The molecule has 0 aliphatic carbocycles. The number of aliphatic hydroxyl groups is 1. The highest BCUT2D eigenvalue weighted by Gasteiger charge is 2.13. The van der Waals surface area contributed by atoms with E-state index < -0.39 is 12.1 Å². The summed E-state index contributed by atoms with van der Waals surface area (Å²) in [6.45, 7) is 3.73. The summed E-state index contributed by atoms with van der Waals surface area (Å²) in [4.78, 5) is 21.9. The third-order valence-electron chi connectivity index (χ3n) is 2.78. The Morgan fingerprint density at radius 1 is 1.30 bits per heavy atom. The van der Waals surface area contributed by atoms with Gasteiger partial charge in [0.05, 0.1) is 0 Å². The standard InChI is InChI=1S/C14H19NO5/c1-9-4-3-5-10(2)13(9)20-8-12(17)15-7-6-11(16)14(18)19/h3-5,11,16H,6-8H2,1-2H3,(H,15,17)(H,18,19)/t11-/m0/s1. The number of para-hydroxylation sites is 1. The lowest BCUT2D eigenvalue weighted by Crippen LogP contribution is -2.33. The van der Waals surface area contributed by atoms with E-state index in [4.69, 9.17) is 14.9 Å². The number of carboxylic acids is 1. The molecule has 1 amide bonds. The van der Waals surface area contributed by atoms with Crippen LogP contribution in [0.3, 0.4) is 0 Å². The van der Waals surface area contributed by atoms with Crippen LogP contribution in [0.4, 0.5) is 0 Å². The first kappa shape index (κ1) is 16.0. The lowest BCUT2D eigenvalue weighted by Gasteiger charge is -2.12. The van der Waals surface area contributed by atoms with Crippen LogP contribution in [0.1, 0.15) is 17.5 Å². The molecule has 1 rings (SSSR count). The number of carboxylic acid groups (broad SMARTS) is 1. The van der Waals surface area contributed by atoms with E-state index in [1.54, 1.807) is 0 Å². The van der Waals surface area contributed by atoms with Gasteiger partial charge < -0.3 is 20.3 Å². The van der Waals surface area contributed by atoms with Crippen LogP contribution in [0, 0.1) is 13.8 Å². The van der Waals surface area contributed by atoms with Crippen molar-refractivity contribution in [1.29, 1.82) is 0 Å². The zero-order valence-electron chi connectivity index (χ0n) is 11.5. The van der Waals surface area contributed by atoms with E-state index in [1.807, 2.05) is 32.0 Å². The number of aliphatic carboxylic acids is 1. The zero-order valence-corrected chi connectivity index (χ0v) is 11.5. The predicted octanol–water partition coefficient (Wildman–Crippen LogP) is 0.634. The van der Waals surface area contributed by atoms with Crippen molar-refractivity contribution < 1.29 is 24.5 Å². The molecular formula is C14H19NO5. The van der Waals surface area contributed by atoms with Gasteiger partial charge in [0, 0.05) is 13.0 Å². The van der Waals surface area contributed by atoms with Crippen molar-refractivity contribution >= 4 is 11.9 Å². The number of rotatable bonds is 7. The molecule has 1 aromatic carbocycles. The summed E-state index contributed by atoms with van der Waals surface area (Å²) in [6, 6.07) is 5.69. The van der Waals surface area contributed by atoms with Gasteiger partial charge in [0.25, 0.3) is 5.91 Å². The first-order chi connectivity index (χ1) is 9.41. The third-order valence-corrected chi connectivity index (χ3v) is 2.78. The van der Waals surface area contributed by atoms with Gasteiger partial charge >= 0.3 is 5.97 Å². The maximum absolute atomic E-state index is 11.5. The van der Waals surface area contributed by atoms with Gasteiger partial charge in [-0.15, -0.1) is 0 Å². The Morgan fingerprint density at radius 2 is 1.90 bits per heavy atom. The Morgan fingerprint density at radius 3 is 2.45 bits per heavy atom. The number of benzene rings is 1. The van der Waals surface area contributed by atoms with Gasteiger partial charge in [0.1, 0.15) is 5.75 Å². The molecule has 0 spiro atoms. The molecule has 0 saturated carbocycles. The molecule has 0 radical (unpaired) electrons. The monoisotopic (exact) mass is 281 g/mol. The molecule has 0 saturated heterocycles. The number of carbonyl (C=O) groups is 2. The summed E-state index contributed by atoms with van der Waals surface area (Å²) in [5.74, 6) is -0.982. The summed E-state index contributed by atoms with van der Waals surface area (Å²) in [6.07, 6.45) is -1.50. The number of amides is 1. The van der Waals surface area contributed by atoms with E-state index in [2.05, 4.69) is 5.32 Å². The Bertz CT molecular complexity index is 466. The minimum atomic E-state index is -1.46. The van der Waals surface area contributed by atoms with Gasteiger partial charge in [0.2, 0.25) is 0 Å². The second kappa shape index (κ2) is 7.49. The highest BCUT2D eigenvalue weighted by atomic mass is 16.5. The van der Waals surface area contributed by atoms with Crippen molar-refractivity contribution in [3.63, 3.8) is 0 Å². The maximum atomic E-state index is 11.5. The number of carbonyl (C=O) groups excluding carboxylic acids is 1. The van der Waals surface area contributed by atoms with Crippen molar-refractivity contribution in [2.45, 2.75) is 26.4 Å². The van der Waals surface area contributed by atoms with Crippen LogP contribution in [0.25, 0.3) is 0 Å². The number of aliphatic hydroxyl groups excluding tert-OH is 1. The summed E-state index contributed by atoms with van der Waals surface area (Å²) in [7, 11) is 0. The number of nitrogens with one attached hydrogen (secondary N) is 1. The number of ether oxygens (including phenoxy) is 1. The molecule has 3 N–H and O–H groups in total. The van der Waals surface area contributed by atoms with Crippen molar-refractivity contribution in [2.75, 3.05) is 13.2 Å². The number of hydrogen-bond acceptors (Lipinski definition) is 4. The van der Waals surface area contributed by atoms with E-state index in [-0.39, 0.29) is 25.5 Å². The molecular weight excluding hydrogens is 262 g/mol. The molecule has 0 fully saturated rings. The van der Waals surface area contributed by atoms with Gasteiger partial charge in [-0.3, -0.25) is 4.79 Å². The summed E-state index contributed by atoms with van der Waals surface area (Å²) < 4.78 is 5.44. The zero-order chi connectivity index (χ0) is 15.1. The van der Waals surface area contributed by atoms with Crippen LogP contribution in [0.15, 0.2) is 18.2 Å². The summed E-state index contributed by atoms with van der Waals surface area (Å²) in [5.41, 5.74) is 1.89. The molecule has 0 aromatic heterocycles. The first-order valence-electron chi connectivity index (χ1n) is 6.28. The predicted molar refractivity (Wildman–Crippen MR) is 72.7 cm³/mol. The van der Waals surface area contributed by atoms with Crippen LogP contribution in [-0.2, 0) is 9.59 Å². The molecule has 0 heterocycles. The largest absolute Gasteiger partial charge is 0.483 e. The van der Waals surface area contributed by atoms with E-state index >= 15 is 0 Å². The highest BCUT2D eigenvalue weighted by Crippen LogP contribution is 2.21. The highest BCUT2D eigenvalue weighted by molar-refractivity contribution is 5.77. The summed E-state index contributed by atoms with van der Waals surface area (Å²) in [5, 5.41) is 20.0. The average Bonchev–Trinajstić information content (AvgIpc) is 2.37. The third kappa shape index (κ3) is 4.89. The second-order valence-corrected chi connectivity index (χ2v) is 4.50. The van der Waals surface area contributed by atoms with E-state index in [0.717, 1.165) is 11.1 Å². The minimum Gasteiger partial charge on any atom is -0.483 e. The number of hydrogen-bond donors (Lipinski definition) is 3. The van der Waals surface area contributed by atoms with Crippen LogP contribution in [-0.4, -0.2) is 41.3 Å². The van der Waals surface area contributed by atoms with Crippen molar-refractivity contribution in [3.05, 3.63) is 29.3 Å². The Labute approximate surface area is 117 Å². The molecule has 6 heteroatoms. The van der Waals surface area contributed by atoms with Crippen LogP contribution < -0.4 is 10.1 Å². The fourth-order valence-electron chi connectivity index (χ4n) is 1.69. The molecule has 0 bridgehead atoms. The van der Waals surface area contributed by atoms with Gasteiger partial charge in [-0.05, 0) is 25.0 Å². The van der Waals surface area contributed by atoms with Gasteiger partial charge in [-0.25, -0.2) is 4.79 Å². The Balaban J connectivity index is 2.35. The topological polar surface area (TPSA) is 95.9 Å². The van der Waals surface area contributed by atoms with E-state index in [1.165, 1.54) is 0 Å². The molecule has 1 aromatic rings. The molecule has 0 unspecified atom stereocenters. The molecule has 6 nitrogen and oxygen atoms in total. The number of aryl methyl sites for hydroxylation is 2. The molecule has 20 heavy (non-hydrogen) atoms. The average molecular weight is 281 g/mol. The van der Waals surface area contributed by atoms with Gasteiger partial charge in [-0.2, -0.15) is 0 Å². The maximum Gasteiger partial charge on any atom is 0.332 e. The quantitative estimate of drug-likeness (QED) is 0.681. The fraction of sp³-hybridized carbons (Fsp3) is 0.429. The Hall–Kier alpha value is -2.08. The minimum absolute atomic E-state index is 0.0372. The van der Waals surface area contributed by atoms with Crippen molar-refractivity contribution in [2.24, 2.45) is 0 Å². The molecule has 110 valence electrons. The lowest BCUT2D eigenvalue weighted by molar-refractivity contribution is -0.147. The van der Waals surface area contributed by atoms with Gasteiger partial charge in [-0.1, -0.05) is 18.2 Å². The van der Waals surface area contributed by atoms with Crippen molar-refractivity contribution in [3.8, 4) is 5.75 Å². The fourth-order valence-corrected chi connectivity index (χ4v) is 1.69. The molecule has 0 aliphatic rings. The van der Waals surface area contributed by atoms with Crippen LogP contribution in [0.5, 0.6) is 5.75 Å². The second-order valence-electron chi connectivity index (χ2n) is 4.50. The first-order valence-corrected chi connectivity index (χ1v) is 6.28. The molecule has 1 atom stereocenters. The normalized spacial score (nSPS) is 11.8. The van der Waals surface area contributed by atoms with Crippen molar-refractivity contribution in [1.82, 2.24) is 5.32 Å². The lowest BCUT2D eigenvalue weighted by atomic mass is 10.1. The Kier molecular flexibility index (Phi) is 5.99. The molecule has 0 aliphatic heterocycles. The smallest absolute Gasteiger partial charge is 0.332 e. The van der Waals surface area contributed by atoms with E-state index in [9.17, 15) is 9.59 Å².